The van der Waals surface area contributed by atoms with E-state index in [2.05, 4.69) is 35.7 Å². The Kier molecular flexibility index (Phi) is 6.43. The fraction of sp³-hybridized carbons (Fsp3) is 0.923. The SMILES string of the molecule is CCC(CC)N1CCN(C(CC)C(N)=NO)CC1. The molecule has 0 amide bonds. The number of oxime groups is 1. The van der Waals surface area contributed by atoms with Gasteiger partial charge in [-0.2, -0.15) is 0 Å². The molecule has 1 rings (SSSR count). The first-order valence-electron chi connectivity index (χ1n) is 7.13. The van der Waals surface area contributed by atoms with Gasteiger partial charge >= 0.3 is 0 Å². The van der Waals surface area contributed by atoms with Gasteiger partial charge in [-0.15, -0.1) is 0 Å². The van der Waals surface area contributed by atoms with Crippen molar-refractivity contribution < 1.29 is 5.21 Å². The summed E-state index contributed by atoms with van der Waals surface area (Å²) in [6.45, 7) is 10.8. The van der Waals surface area contributed by atoms with Gasteiger partial charge < -0.3 is 10.9 Å². The molecule has 0 spiro atoms. The first-order chi connectivity index (χ1) is 8.67. The van der Waals surface area contributed by atoms with E-state index in [0.717, 1.165) is 32.6 Å². The van der Waals surface area contributed by atoms with Crippen LogP contribution in [0.15, 0.2) is 5.16 Å². The molecule has 0 aromatic heterocycles. The molecule has 106 valence electrons. The molecule has 0 bridgehead atoms. The van der Waals surface area contributed by atoms with Crippen molar-refractivity contribution in [3.8, 4) is 0 Å². The Balaban J connectivity index is 2.52. The molecular formula is C13H28N4O. The summed E-state index contributed by atoms with van der Waals surface area (Å²) < 4.78 is 0. The highest BCUT2D eigenvalue weighted by Crippen LogP contribution is 2.15. The van der Waals surface area contributed by atoms with Crippen LogP contribution in [0.2, 0.25) is 0 Å². The zero-order chi connectivity index (χ0) is 13.5. The normalized spacial score (nSPS) is 21.4. The Morgan fingerprint density at radius 2 is 1.56 bits per heavy atom. The van der Waals surface area contributed by atoms with Gasteiger partial charge in [0.25, 0.3) is 0 Å². The van der Waals surface area contributed by atoms with Crippen LogP contribution in [0, 0.1) is 0 Å². The Labute approximate surface area is 111 Å². The number of nitrogens with two attached hydrogens (primary N) is 1. The summed E-state index contributed by atoms with van der Waals surface area (Å²) >= 11 is 0. The van der Waals surface area contributed by atoms with Crippen molar-refractivity contribution in [3.63, 3.8) is 0 Å². The smallest absolute Gasteiger partial charge is 0.156 e. The van der Waals surface area contributed by atoms with Gasteiger partial charge in [-0.25, -0.2) is 0 Å². The van der Waals surface area contributed by atoms with Gasteiger partial charge in [-0.1, -0.05) is 25.9 Å². The van der Waals surface area contributed by atoms with Crippen molar-refractivity contribution in [2.24, 2.45) is 10.9 Å². The van der Waals surface area contributed by atoms with Crippen LogP contribution in [-0.4, -0.2) is 59.1 Å². The number of hydrogen-bond donors (Lipinski definition) is 2. The monoisotopic (exact) mass is 256 g/mol. The quantitative estimate of drug-likeness (QED) is 0.325. The largest absolute Gasteiger partial charge is 0.409 e. The lowest BCUT2D eigenvalue weighted by atomic mass is 10.1. The highest BCUT2D eigenvalue weighted by Gasteiger charge is 2.27. The summed E-state index contributed by atoms with van der Waals surface area (Å²) in [4.78, 5) is 4.89. The minimum absolute atomic E-state index is 0.0823. The predicted molar refractivity (Wildman–Crippen MR) is 75.0 cm³/mol. The average molecular weight is 256 g/mol. The zero-order valence-electron chi connectivity index (χ0n) is 12.0. The van der Waals surface area contributed by atoms with Gasteiger partial charge in [0, 0.05) is 32.2 Å². The molecule has 5 heteroatoms. The Bertz CT molecular complexity index is 258. The second kappa shape index (κ2) is 7.59. The summed E-state index contributed by atoms with van der Waals surface area (Å²) in [5.41, 5.74) is 5.75. The van der Waals surface area contributed by atoms with Crippen LogP contribution in [0.1, 0.15) is 40.0 Å². The van der Waals surface area contributed by atoms with Crippen LogP contribution in [0.3, 0.4) is 0 Å². The molecule has 5 nitrogen and oxygen atoms in total. The lowest BCUT2D eigenvalue weighted by molar-refractivity contribution is 0.0796. The molecule has 1 aliphatic rings. The lowest BCUT2D eigenvalue weighted by Gasteiger charge is -2.41. The number of hydrogen-bond acceptors (Lipinski definition) is 4. The number of amidine groups is 1. The van der Waals surface area contributed by atoms with Crippen LogP contribution in [0.5, 0.6) is 0 Å². The van der Waals surface area contributed by atoms with Crippen molar-refractivity contribution in [1.82, 2.24) is 9.80 Å². The van der Waals surface area contributed by atoms with E-state index in [1.807, 2.05) is 0 Å². The molecule has 1 fully saturated rings. The third-order valence-corrected chi connectivity index (χ3v) is 4.09. The topological polar surface area (TPSA) is 65.1 Å². The van der Waals surface area contributed by atoms with E-state index in [4.69, 9.17) is 10.9 Å². The van der Waals surface area contributed by atoms with E-state index in [-0.39, 0.29) is 6.04 Å². The van der Waals surface area contributed by atoms with E-state index in [1.54, 1.807) is 0 Å². The summed E-state index contributed by atoms with van der Waals surface area (Å²) in [7, 11) is 0. The average Bonchev–Trinajstić information content (AvgIpc) is 2.42. The van der Waals surface area contributed by atoms with Gasteiger partial charge in [0.1, 0.15) is 0 Å². The maximum Gasteiger partial charge on any atom is 0.156 e. The van der Waals surface area contributed by atoms with Gasteiger partial charge in [-0.05, 0) is 19.3 Å². The molecule has 1 unspecified atom stereocenters. The second-order valence-corrected chi connectivity index (χ2v) is 4.99. The number of piperazine rings is 1. The van der Waals surface area contributed by atoms with E-state index < -0.39 is 0 Å². The first kappa shape index (κ1) is 15.2. The summed E-state index contributed by atoms with van der Waals surface area (Å²) in [6, 6.07) is 0.787. The molecule has 1 saturated heterocycles. The third kappa shape index (κ3) is 3.59. The molecule has 0 saturated carbocycles. The van der Waals surface area contributed by atoms with Crippen molar-refractivity contribution in [1.29, 1.82) is 0 Å². The highest BCUT2D eigenvalue weighted by molar-refractivity contribution is 5.85. The van der Waals surface area contributed by atoms with E-state index in [0.29, 0.717) is 11.9 Å². The van der Waals surface area contributed by atoms with E-state index in [9.17, 15) is 0 Å². The Morgan fingerprint density at radius 1 is 1.06 bits per heavy atom. The van der Waals surface area contributed by atoms with Crippen molar-refractivity contribution in [2.45, 2.75) is 52.1 Å². The van der Waals surface area contributed by atoms with Gasteiger partial charge in [0.15, 0.2) is 5.84 Å². The summed E-state index contributed by atoms with van der Waals surface area (Å²) in [5, 5.41) is 12.0. The summed E-state index contributed by atoms with van der Waals surface area (Å²) in [5.74, 6) is 0.341. The van der Waals surface area contributed by atoms with E-state index >= 15 is 0 Å². The standard InChI is InChI=1S/C13H28N4O/c1-4-11(5-2)16-7-9-17(10-8-16)12(6-3)13(14)15-18/h11-12,18H,4-10H2,1-3H3,(H2,14,15). The van der Waals surface area contributed by atoms with Crippen LogP contribution >= 0.6 is 0 Å². The van der Waals surface area contributed by atoms with Crippen LogP contribution in [0.4, 0.5) is 0 Å². The van der Waals surface area contributed by atoms with Crippen LogP contribution in [-0.2, 0) is 0 Å². The first-order valence-corrected chi connectivity index (χ1v) is 7.13. The molecule has 3 N–H and O–H groups in total. The van der Waals surface area contributed by atoms with Crippen LogP contribution < -0.4 is 5.73 Å². The molecular weight excluding hydrogens is 228 g/mol. The zero-order valence-corrected chi connectivity index (χ0v) is 12.0. The fourth-order valence-electron chi connectivity index (χ4n) is 2.94. The molecule has 1 aliphatic heterocycles. The Morgan fingerprint density at radius 3 is 1.94 bits per heavy atom. The predicted octanol–water partition coefficient (Wildman–Crippen LogP) is 1.32. The van der Waals surface area contributed by atoms with Crippen molar-refractivity contribution >= 4 is 5.84 Å². The molecule has 0 aliphatic carbocycles. The molecule has 0 radical (unpaired) electrons. The van der Waals surface area contributed by atoms with Crippen LogP contribution in [0.25, 0.3) is 0 Å². The van der Waals surface area contributed by atoms with Gasteiger partial charge in [0.05, 0.1) is 6.04 Å². The Hall–Kier alpha value is -0.810. The highest BCUT2D eigenvalue weighted by atomic mass is 16.4. The number of rotatable bonds is 6. The molecule has 1 heterocycles. The van der Waals surface area contributed by atoms with Crippen molar-refractivity contribution in [3.05, 3.63) is 0 Å². The molecule has 0 aromatic carbocycles. The van der Waals surface area contributed by atoms with Gasteiger partial charge in [-0.3, -0.25) is 9.80 Å². The maximum absolute atomic E-state index is 8.81. The lowest BCUT2D eigenvalue weighted by Crippen LogP contribution is -2.55. The maximum atomic E-state index is 8.81. The van der Waals surface area contributed by atoms with E-state index in [1.165, 1.54) is 12.8 Å². The number of nitrogens with zero attached hydrogens (tertiary/aromatic N) is 3. The molecule has 18 heavy (non-hydrogen) atoms. The molecule has 1 atom stereocenters. The third-order valence-electron chi connectivity index (χ3n) is 4.09. The molecule has 0 aromatic rings. The van der Waals surface area contributed by atoms with Crippen molar-refractivity contribution in [2.75, 3.05) is 26.2 Å². The minimum atomic E-state index is 0.0823. The summed E-state index contributed by atoms with van der Waals surface area (Å²) in [6.07, 6.45) is 3.32. The second-order valence-electron chi connectivity index (χ2n) is 4.99. The minimum Gasteiger partial charge on any atom is -0.409 e. The van der Waals surface area contributed by atoms with Gasteiger partial charge in [0.2, 0.25) is 0 Å². The fourth-order valence-corrected chi connectivity index (χ4v) is 2.94.